The van der Waals surface area contributed by atoms with Gasteiger partial charge in [0, 0.05) is 60.5 Å². The highest BCUT2D eigenvalue weighted by atomic mass is 16.2. The zero-order chi connectivity index (χ0) is 28.7. The minimum absolute atomic E-state index is 0.00625. The van der Waals surface area contributed by atoms with Crippen molar-refractivity contribution < 1.29 is 9.59 Å². The fraction of sp³-hybridized carbons (Fsp3) is 0.0909. The van der Waals surface area contributed by atoms with Crippen LogP contribution >= 0.6 is 0 Å². The highest BCUT2D eigenvalue weighted by molar-refractivity contribution is 6.04. The van der Waals surface area contributed by atoms with Gasteiger partial charge in [0.25, 0.3) is 5.91 Å². The number of ketones is 1. The summed E-state index contributed by atoms with van der Waals surface area (Å²) in [6.07, 6.45) is 10.9. The maximum Gasteiger partial charge on any atom is 0.259 e. The van der Waals surface area contributed by atoms with Crippen LogP contribution in [0, 0.1) is 0 Å². The van der Waals surface area contributed by atoms with Gasteiger partial charge in [0.05, 0.1) is 23.1 Å². The van der Waals surface area contributed by atoms with Crippen LogP contribution in [0.25, 0.3) is 22.2 Å². The Kier molecular flexibility index (Phi) is 7.71. The van der Waals surface area contributed by atoms with Crippen molar-refractivity contribution >= 4 is 34.4 Å². The molecule has 0 fully saturated rings. The molecule has 0 unspecified atom stereocenters. The van der Waals surface area contributed by atoms with Crippen LogP contribution in [-0.4, -0.2) is 42.7 Å². The molecule has 42 heavy (non-hydrogen) atoms. The van der Waals surface area contributed by atoms with Crippen molar-refractivity contribution in [2.24, 2.45) is 0 Å². The van der Waals surface area contributed by atoms with Crippen LogP contribution in [0.2, 0.25) is 0 Å². The third-order valence-corrected chi connectivity index (χ3v) is 6.88. The average Bonchev–Trinajstić information content (AvgIpc) is 3.39. The monoisotopic (exact) mass is 553 g/mol. The standard InChI is InChI=1S/C33H27N7O2/c41-31(25-6-2-1-3-7-25)22-37-28-8-9-30-29(18-28)38-33(40(30)16-12-23-5-4-13-35-19-23)39-32(42)27-17-26(20-36-21-27)24-10-14-34-15-11-24/h1-11,13-15,17-21,37H,12,16,22H2,(H,38,39,42). The maximum absolute atomic E-state index is 13.4. The topological polar surface area (TPSA) is 115 Å². The van der Waals surface area contributed by atoms with Gasteiger partial charge in [0.2, 0.25) is 5.95 Å². The van der Waals surface area contributed by atoms with Gasteiger partial charge >= 0.3 is 0 Å². The number of imidazole rings is 1. The van der Waals surface area contributed by atoms with Gasteiger partial charge in [-0.15, -0.1) is 0 Å². The van der Waals surface area contributed by atoms with E-state index in [-0.39, 0.29) is 18.2 Å². The highest BCUT2D eigenvalue weighted by Gasteiger charge is 2.16. The molecule has 0 saturated carbocycles. The maximum atomic E-state index is 13.4. The molecular formula is C33H27N7O2. The van der Waals surface area contributed by atoms with Crippen molar-refractivity contribution in [3.63, 3.8) is 0 Å². The molecule has 206 valence electrons. The second-order valence-electron chi connectivity index (χ2n) is 9.70. The fourth-order valence-electron chi connectivity index (χ4n) is 4.70. The Labute approximate surface area is 242 Å². The van der Waals surface area contributed by atoms with Crippen molar-refractivity contribution in [3.8, 4) is 11.1 Å². The zero-order valence-electron chi connectivity index (χ0n) is 22.6. The molecule has 9 heteroatoms. The minimum Gasteiger partial charge on any atom is -0.378 e. The number of aryl methyl sites for hydroxylation is 2. The molecule has 9 nitrogen and oxygen atoms in total. The highest BCUT2D eigenvalue weighted by Crippen LogP contribution is 2.25. The van der Waals surface area contributed by atoms with Crippen molar-refractivity contribution in [1.82, 2.24) is 24.5 Å². The van der Waals surface area contributed by atoms with Crippen molar-refractivity contribution in [3.05, 3.63) is 133 Å². The molecule has 4 aromatic heterocycles. The summed E-state index contributed by atoms with van der Waals surface area (Å²) >= 11 is 0. The normalized spacial score (nSPS) is 10.9. The summed E-state index contributed by atoms with van der Waals surface area (Å²) in [6, 6.07) is 24.4. The molecule has 0 aliphatic heterocycles. The van der Waals surface area contributed by atoms with E-state index in [1.165, 1.54) is 6.20 Å². The summed E-state index contributed by atoms with van der Waals surface area (Å²) in [5, 5.41) is 6.20. The Morgan fingerprint density at radius 3 is 2.40 bits per heavy atom. The van der Waals surface area contributed by atoms with Crippen LogP contribution in [0.1, 0.15) is 26.3 Å². The van der Waals surface area contributed by atoms with Gasteiger partial charge in [-0.3, -0.25) is 29.9 Å². The summed E-state index contributed by atoms with van der Waals surface area (Å²) in [7, 11) is 0. The first-order chi connectivity index (χ1) is 20.6. The summed E-state index contributed by atoms with van der Waals surface area (Å²) in [4.78, 5) is 43.3. The quantitative estimate of drug-likeness (QED) is 0.210. The molecule has 0 spiro atoms. The number of carbonyl (C=O) groups excluding carboxylic acids is 2. The van der Waals surface area contributed by atoms with E-state index in [2.05, 4.69) is 25.6 Å². The molecule has 0 bridgehead atoms. The van der Waals surface area contributed by atoms with Crippen LogP contribution in [0.15, 0.2) is 116 Å². The Bertz CT molecular complexity index is 1840. The van der Waals surface area contributed by atoms with E-state index in [0.717, 1.165) is 27.9 Å². The Morgan fingerprint density at radius 1 is 0.738 bits per heavy atom. The number of hydrogen-bond donors (Lipinski definition) is 2. The van der Waals surface area contributed by atoms with Gasteiger partial charge in [0.15, 0.2) is 5.78 Å². The Morgan fingerprint density at radius 2 is 1.60 bits per heavy atom. The van der Waals surface area contributed by atoms with Crippen LogP contribution in [-0.2, 0) is 13.0 Å². The number of carbonyl (C=O) groups is 2. The number of rotatable bonds is 10. The lowest BCUT2D eigenvalue weighted by Gasteiger charge is -2.11. The van der Waals surface area contributed by atoms with E-state index in [4.69, 9.17) is 4.98 Å². The number of amides is 1. The molecule has 4 heterocycles. The third kappa shape index (κ3) is 6.05. The van der Waals surface area contributed by atoms with E-state index in [1.54, 1.807) is 43.0 Å². The molecule has 2 N–H and O–H groups in total. The van der Waals surface area contributed by atoms with Gasteiger partial charge < -0.3 is 9.88 Å². The van der Waals surface area contributed by atoms with E-state index in [1.807, 2.05) is 71.4 Å². The summed E-state index contributed by atoms with van der Waals surface area (Å²) in [5.41, 5.74) is 6.18. The van der Waals surface area contributed by atoms with Gasteiger partial charge in [0.1, 0.15) is 0 Å². The lowest BCUT2D eigenvalue weighted by molar-refractivity contribution is 0.100. The zero-order valence-corrected chi connectivity index (χ0v) is 22.6. The number of pyridine rings is 3. The Balaban J connectivity index is 1.26. The third-order valence-electron chi connectivity index (χ3n) is 6.88. The first-order valence-corrected chi connectivity index (χ1v) is 13.5. The second kappa shape index (κ2) is 12.2. The fourth-order valence-corrected chi connectivity index (χ4v) is 4.70. The Hall–Kier alpha value is -5.70. The molecule has 2 aromatic carbocycles. The summed E-state index contributed by atoms with van der Waals surface area (Å²) < 4.78 is 1.99. The van der Waals surface area contributed by atoms with E-state index < -0.39 is 0 Å². The number of fused-ring (bicyclic) bond motifs is 1. The summed E-state index contributed by atoms with van der Waals surface area (Å²) in [6.45, 7) is 0.730. The van der Waals surface area contributed by atoms with Crippen molar-refractivity contribution in [2.45, 2.75) is 13.0 Å². The largest absolute Gasteiger partial charge is 0.378 e. The number of nitrogens with zero attached hydrogens (tertiary/aromatic N) is 5. The lowest BCUT2D eigenvalue weighted by atomic mass is 10.1. The lowest BCUT2D eigenvalue weighted by Crippen LogP contribution is -2.17. The van der Waals surface area contributed by atoms with Crippen LogP contribution < -0.4 is 10.6 Å². The van der Waals surface area contributed by atoms with Gasteiger partial charge in [-0.1, -0.05) is 36.4 Å². The number of benzene rings is 2. The smallest absolute Gasteiger partial charge is 0.259 e. The SMILES string of the molecule is O=C(CNc1ccc2c(c1)nc(NC(=O)c1cncc(-c3ccncc3)c1)n2CCc1cccnc1)c1ccccc1. The van der Waals surface area contributed by atoms with Gasteiger partial charge in [-0.05, 0) is 60.0 Å². The minimum atomic E-state index is -0.317. The van der Waals surface area contributed by atoms with Crippen LogP contribution in [0.4, 0.5) is 11.6 Å². The second-order valence-corrected chi connectivity index (χ2v) is 9.70. The molecule has 0 radical (unpaired) electrons. The van der Waals surface area contributed by atoms with E-state index in [9.17, 15) is 9.59 Å². The van der Waals surface area contributed by atoms with Gasteiger partial charge in [-0.25, -0.2) is 4.98 Å². The number of hydrogen-bond acceptors (Lipinski definition) is 7. The predicted molar refractivity (Wildman–Crippen MR) is 162 cm³/mol. The number of anilines is 2. The van der Waals surface area contributed by atoms with Crippen LogP contribution in [0.3, 0.4) is 0 Å². The molecule has 6 aromatic rings. The summed E-state index contributed by atoms with van der Waals surface area (Å²) in [5.74, 6) is 0.0992. The molecule has 0 saturated heterocycles. The predicted octanol–water partition coefficient (Wildman–Crippen LogP) is 5.68. The molecule has 0 aliphatic carbocycles. The number of Topliss-reactive ketones (excluding diaryl/α,β-unsaturated/α-hetero) is 1. The number of aromatic nitrogens is 5. The van der Waals surface area contributed by atoms with Crippen molar-refractivity contribution in [2.75, 3.05) is 17.2 Å². The van der Waals surface area contributed by atoms with E-state index >= 15 is 0 Å². The van der Waals surface area contributed by atoms with Gasteiger partial charge in [-0.2, -0.15) is 0 Å². The molecule has 0 aliphatic rings. The van der Waals surface area contributed by atoms with Crippen LogP contribution in [0.5, 0.6) is 0 Å². The first kappa shape index (κ1) is 26.5. The first-order valence-electron chi connectivity index (χ1n) is 13.5. The van der Waals surface area contributed by atoms with E-state index in [0.29, 0.717) is 35.6 Å². The molecular weight excluding hydrogens is 526 g/mol. The molecule has 0 atom stereocenters. The molecule has 1 amide bonds. The molecule has 6 rings (SSSR count). The number of nitrogens with one attached hydrogen (secondary N) is 2. The average molecular weight is 554 g/mol. The van der Waals surface area contributed by atoms with Crippen molar-refractivity contribution in [1.29, 1.82) is 0 Å².